The van der Waals surface area contributed by atoms with Crippen LogP contribution < -0.4 is 39.0 Å². The number of carbonyl (C=O) groups is 2. The number of ether oxygens (including phenoxy) is 3. The first-order valence-corrected chi connectivity index (χ1v) is 9.39. The summed E-state index contributed by atoms with van der Waals surface area (Å²) in [6, 6.07) is 7.31. The smallest absolute Gasteiger partial charge is 0.870 e. The van der Waals surface area contributed by atoms with Crippen LogP contribution in [0, 0.1) is 20.2 Å². The molecule has 0 atom stereocenters. The van der Waals surface area contributed by atoms with Crippen LogP contribution in [0.25, 0.3) is 0 Å². The normalized spacial score (nSPS) is 8.89. The Labute approximate surface area is 222 Å². The molecular weight excluding hydrogens is 483 g/mol. The Morgan fingerprint density at radius 2 is 1.23 bits per heavy atom. The van der Waals surface area contributed by atoms with E-state index in [1.54, 1.807) is 20.8 Å². The molecule has 0 aliphatic rings. The van der Waals surface area contributed by atoms with Gasteiger partial charge in [-0.3, -0.25) is 20.2 Å². The molecule has 14 nitrogen and oxygen atoms in total. The SMILES string of the molecule is CCOC(=O)c1cc([N+](=O)[O-])ccc1OCC.CCOc1ccc([N+](=O)[O-])cc1C(=O)O.O.[Na+].[OH-]. The number of nitro benzene ring substituents is 2. The molecule has 2 aromatic carbocycles. The monoisotopic (exact) mass is 508 g/mol. The zero-order valence-corrected chi connectivity index (χ0v) is 21.5. The fourth-order valence-electron chi connectivity index (χ4n) is 2.36. The summed E-state index contributed by atoms with van der Waals surface area (Å²) in [6.45, 7) is 5.99. The summed E-state index contributed by atoms with van der Waals surface area (Å²) in [4.78, 5) is 42.2. The van der Waals surface area contributed by atoms with Crippen LogP contribution in [0.2, 0.25) is 0 Å². The van der Waals surface area contributed by atoms with Gasteiger partial charge in [0, 0.05) is 24.3 Å². The number of rotatable bonds is 9. The molecule has 15 heteroatoms. The van der Waals surface area contributed by atoms with Gasteiger partial charge in [0.2, 0.25) is 0 Å². The second-order valence-electron chi connectivity index (χ2n) is 5.77. The van der Waals surface area contributed by atoms with E-state index < -0.39 is 21.8 Å². The van der Waals surface area contributed by atoms with E-state index in [-0.39, 0.29) is 81.1 Å². The van der Waals surface area contributed by atoms with Gasteiger partial charge in [0.05, 0.1) is 29.7 Å². The second-order valence-corrected chi connectivity index (χ2v) is 5.77. The standard InChI is InChI=1S/C11H13NO5.C9H9NO5.Na.2H2O/c1-3-16-10-6-5-8(12(14)15)7-9(10)11(13)17-4-2;1-2-15-8-4-3-6(10(13)14)5-7(8)9(11)12;;;/h5-7H,3-4H2,1-2H3;3-5H,2H2,1H3,(H,11,12);;2*1H2/q;;+1;;/p-1. The molecule has 4 N–H and O–H groups in total. The number of aromatic carboxylic acids is 1. The van der Waals surface area contributed by atoms with E-state index in [4.69, 9.17) is 19.3 Å². The molecule has 2 rings (SSSR count). The van der Waals surface area contributed by atoms with Crippen LogP contribution in [-0.2, 0) is 4.74 Å². The fraction of sp³-hybridized carbons (Fsp3) is 0.300. The summed E-state index contributed by atoms with van der Waals surface area (Å²) in [7, 11) is 0. The number of benzene rings is 2. The molecule has 0 radical (unpaired) electrons. The van der Waals surface area contributed by atoms with E-state index in [0.29, 0.717) is 13.2 Å². The molecule has 0 amide bonds. The number of carboxylic acids is 1. The van der Waals surface area contributed by atoms with E-state index in [1.165, 1.54) is 24.3 Å². The van der Waals surface area contributed by atoms with Gasteiger partial charge in [-0.25, -0.2) is 9.59 Å². The number of hydrogen-bond acceptors (Lipinski definition) is 10. The average molecular weight is 508 g/mol. The third-order valence-electron chi connectivity index (χ3n) is 3.67. The van der Waals surface area contributed by atoms with Crippen LogP contribution in [0.15, 0.2) is 36.4 Å². The third-order valence-corrected chi connectivity index (χ3v) is 3.67. The summed E-state index contributed by atoms with van der Waals surface area (Å²) in [5, 5.41) is 29.8. The zero-order chi connectivity index (χ0) is 24.3. The number of hydrogen-bond donors (Lipinski definition) is 1. The van der Waals surface area contributed by atoms with Crippen molar-refractivity contribution in [3.8, 4) is 11.5 Å². The summed E-state index contributed by atoms with van der Waals surface area (Å²) >= 11 is 0. The van der Waals surface area contributed by atoms with Crippen molar-refractivity contribution in [2.24, 2.45) is 0 Å². The van der Waals surface area contributed by atoms with Gasteiger partial charge < -0.3 is 30.3 Å². The van der Waals surface area contributed by atoms with Gasteiger partial charge in [0.15, 0.2) is 0 Å². The van der Waals surface area contributed by atoms with E-state index in [2.05, 4.69) is 0 Å². The average Bonchev–Trinajstić information content (AvgIpc) is 2.75. The molecule has 0 heterocycles. The topological polar surface area (TPSA) is 230 Å². The zero-order valence-electron chi connectivity index (χ0n) is 19.5. The van der Waals surface area contributed by atoms with E-state index >= 15 is 0 Å². The number of nitro groups is 2. The molecule has 0 aromatic heterocycles. The quantitative estimate of drug-likeness (QED) is 0.203. The van der Waals surface area contributed by atoms with Gasteiger partial charge in [-0.1, -0.05) is 0 Å². The van der Waals surface area contributed by atoms with Crippen molar-refractivity contribution in [3.63, 3.8) is 0 Å². The second kappa shape index (κ2) is 18.1. The molecule has 0 saturated carbocycles. The number of carboxylic acid groups (broad SMARTS) is 1. The van der Waals surface area contributed by atoms with E-state index in [0.717, 1.165) is 12.1 Å². The first-order valence-electron chi connectivity index (χ1n) is 9.39. The van der Waals surface area contributed by atoms with Gasteiger partial charge in [0.25, 0.3) is 11.4 Å². The molecule has 0 spiro atoms. The minimum atomic E-state index is -1.25. The summed E-state index contributed by atoms with van der Waals surface area (Å²) in [5.74, 6) is -1.45. The Morgan fingerprint density at radius 3 is 1.57 bits per heavy atom. The van der Waals surface area contributed by atoms with Gasteiger partial charge in [0.1, 0.15) is 22.6 Å². The molecule has 0 fully saturated rings. The molecule has 0 saturated heterocycles. The van der Waals surface area contributed by atoms with Crippen molar-refractivity contribution in [1.29, 1.82) is 0 Å². The van der Waals surface area contributed by atoms with E-state index in [1.807, 2.05) is 0 Å². The van der Waals surface area contributed by atoms with E-state index in [9.17, 15) is 29.8 Å². The van der Waals surface area contributed by atoms with Crippen LogP contribution in [0.4, 0.5) is 11.4 Å². The van der Waals surface area contributed by atoms with Gasteiger partial charge in [-0.05, 0) is 32.9 Å². The van der Waals surface area contributed by atoms with Crippen molar-refractivity contribution in [2.75, 3.05) is 19.8 Å². The number of carbonyl (C=O) groups excluding carboxylic acids is 1. The Balaban J connectivity index is -0.000000542. The largest absolute Gasteiger partial charge is 1.00 e. The summed E-state index contributed by atoms with van der Waals surface area (Å²) in [6.07, 6.45) is 0. The summed E-state index contributed by atoms with van der Waals surface area (Å²) in [5.41, 5.74) is -0.568. The Bertz CT molecular complexity index is 1000. The minimum absolute atomic E-state index is 0. The molecule has 0 aliphatic heterocycles. The van der Waals surface area contributed by atoms with Gasteiger partial charge >= 0.3 is 41.5 Å². The molecule has 0 bridgehead atoms. The maximum absolute atomic E-state index is 11.6. The first-order chi connectivity index (χ1) is 15.2. The van der Waals surface area contributed by atoms with Crippen LogP contribution in [0.1, 0.15) is 41.5 Å². The van der Waals surface area contributed by atoms with Crippen LogP contribution in [0.5, 0.6) is 11.5 Å². The molecule has 188 valence electrons. The third kappa shape index (κ3) is 11.1. The number of nitrogens with zero attached hydrogens (tertiary/aromatic N) is 2. The van der Waals surface area contributed by atoms with Crippen molar-refractivity contribution in [2.45, 2.75) is 20.8 Å². The fourth-order valence-corrected chi connectivity index (χ4v) is 2.36. The van der Waals surface area contributed by atoms with Gasteiger partial charge in [-0.2, -0.15) is 0 Å². The maximum atomic E-state index is 11.6. The van der Waals surface area contributed by atoms with Crippen LogP contribution >= 0.6 is 0 Å². The minimum Gasteiger partial charge on any atom is -0.870 e. The Hall–Kier alpha value is -3.30. The number of non-ortho nitro benzene ring substituents is 2. The maximum Gasteiger partial charge on any atom is 1.00 e. The molecule has 0 unspecified atom stereocenters. The van der Waals surface area contributed by atoms with Crippen molar-refractivity contribution >= 4 is 23.3 Å². The van der Waals surface area contributed by atoms with Crippen molar-refractivity contribution in [1.82, 2.24) is 0 Å². The van der Waals surface area contributed by atoms with Crippen LogP contribution in [-0.4, -0.2) is 57.7 Å². The Kier molecular flexibility index (Phi) is 18.7. The number of esters is 1. The molecule has 0 aliphatic carbocycles. The molecular formula is C20H25N2NaO12. The van der Waals surface area contributed by atoms with Gasteiger partial charge in [-0.15, -0.1) is 0 Å². The molecule has 2 aromatic rings. The van der Waals surface area contributed by atoms with Crippen molar-refractivity contribution < 1.29 is 79.3 Å². The van der Waals surface area contributed by atoms with Crippen molar-refractivity contribution in [3.05, 3.63) is 67.8 Å². The first kappa shape index (κ1) is 36.3. The summed E-state index contributed by atoms with van der Waals surface area (Å²) < 4.78 is 15.1. The molecule has 35 heavy (non-hydrogen) atoms. The van der Waals surface area contributed by atoms with Crippen LogP contribution in [0.3, 0.4) is 0 Å². The predicted molar refractivity (Wildman–Crippen MR) is 117 cm³/mol. The predicted octanol–water partition coefficient (Wildman–Crippen LogP) is -0.136. The Morgan fingerprint density at radius 1 is 0.829 bits per heavy atom.